The van der Waals surface area contributed by atoms with Crippen LogP contribution < -0.4 is 0 Å². The summed E-state index contributed by atoms with van der Waals surface area (Å²) >= 11 is 0. The lowest BCUT2D eigenvalue weighted by atomic mass is 10.0. The molecule has 1 aliphatic heterocycles. The Labute approximate surface area is 178 Å². The molecule has 160 valence electrons. The molecule has 1 saturated heterocycles. The van der Waals surface area contributed by atoms with Gasteiger partial charge in [-0.05, 0) is 44.4 Å². The quantitative estimate of drug-likeness (QED) is 0.805. The highest BCUT2D eigenvalue weighted by Gasteiger charge is 2.33. The van der Waals surface area contributed by atoms with Gasteiger partial charge in [-0.15, -0.1) is 0 Å². The summed E-state index contributed by atoms with van der Waals surface area (Å²) < 4.78 is 5.64. The molecular formula is C24H30N2O4. The third-order valence-corrected chi connectivity index (χ3v) is 5.15. The molecule has 0 aromatic heterocycles. The average molecular weight is 411 g/mol. The fraction of sp³-hybridized carbons (Fsp3) is 0.417. The number of hydrogen-bond acceptors (Lipinski definition) is 4. The zero-order valence-corrected chi connectivity index (χ0v) is 17.9. The second-order valence-corrected chi connectivity index (χ2v) is 8.71. The summed E-state index contributed by atoms with van der Waals surface area (Å²) in [5, 5.41) is 9.48. The Bertz CT molecular complexity index is 876. The standard InChI is InChI=1S/C24H30N2O4/c1-24(2,3)30-23(29)26-14-13-25(16-19-11-7-8-12-21(19)22(27)28)17-20(26)15-18-9-5-4-6-10-18/h4-12,20H,13-17H2,1-3H3,(H,27,28)/t20-/m1/s1. The number of amides is 1. The lowest BCUT2D eigenvalue weighted by Gasteiger charge is -2.42. The van der Waals surface area contributed by atoms with Crippen LogP contribution in [-0.4, -0.2) is 58.2 Å². The number of hydrogen-bond donors (Lipinski definition) is 1. The molecule has 0 unspecified atom stereocenters. The van der Waals surface area contributed by atoms with E-state index < -0.39 is 11.6 Å². The van der Waals surface area contributed by atoms with Gasteiger partial charge in [-0.25, -0.2) is 9.59 Å². The Balaban J connectivity index is 1.77. The van der Waals surface area contributed by atoms with Crippen molar-refractivity contribution >= 4 is 12.1 Å². The van der Waals surface area contributed by atoms with E-state index in [1.807, 2.05) is 56.0 Å². The molecule has 1 amide bonds. The van der Waals surface area contributed by atoms with Crippen LogP contribution in [0.3, 0.4) is 0 Å². The van der Waals surface area contributed by atoms with Gasteiger partial charge in [0.1, 0.15) is 5.60 Å². The predicted octanol–water partition coefficient (Wildman–Crippen LogP) is 4.05. The normalized spacial score (nSPS) is 17.6. The van der Waals surface area contributed by atoms with Crippen molar-refractivity contribution in [1.29, 1.82) is 0 Å². The van der Waals surface area contributed by atoms with Gasteiger partial charge < -0.3 is 14.7 Å². The Kier molecular flexibility index (Phi) is 6.77. The van der Waals surface area contributed by atoms with Gasteiger partial charge in [0.25, 0.3) is 0 Å². The summed E-state index contributed by atoms with van der Waals surface area (Å²) in [6.45, 7) is 8.01. The lowest BCUT2D eigenvalue weighted by molar-refractivity contribution is -0.00233. The molecule has 3 rings (SSSR count). The van der Waals surface area contributed by atoms with Crippen LogP contribution in [0.15, 0.2) is 54.6 Å². The number of benzene rings is 2. The Hall–Kier alpha value is -2.86. The van der Waals surface area contributed by atoms with Crippen molar-refractivity contribution in [1.82, 2.24) is 9.80 Å². The molecule has 0 saturated carbocycles. The van der Waals surface area contributed by atoms with Crippen molar-refractivity contribution in [2.24, 2.45) is 0 Å². The van der Waals surface area contributed by atoms with E-state index in [1.54, 1.807) is 12.1 Å². The van der Waals surface area contributed by atoms with Crippen LogP contribution >= 0.6 is 0 Å². The summed E-state index contributed by atoms with van der Waals surface area (Å²) in [7, 11) is 0. The number of piperazine rings is 1. The van der Waals surface area contributed by atoms with Crippen LogP contribution in [0.5, 0.6) is 0 Å². The maximum atomic E-state index is 12.8. The highest BCUT2D eigenvalue weighted by molar-refractivity contribution is 5.89. The van der Waals surface area contributed by atoms with Crippen molar-refractivity contribution in [2.45, 2.75) is 45.4 Å². The molecule has 1 atom stereocenters. The van der Waals surface area contributed by atoms with Crippen LogP contribution in [0.25, 0.3) is 0 Å². The summed E-state index contributed by atoms with van der Waals surface area (Å²) in [5.41, 5.74) is 1.72. The molecule has 6 nitrogen and oxygen atoms in total. The number of rotatable bonds is 5. The van der Waals surface area contributed by atoms with Crippen molar-refractivity contribution in [3.63, 3.8) is 0 Å². The van der Waals surface area contributed by atoms with Gasteiger partial charge in [0.15, 0.2) is 0 Å². The fourth-order valence-electron chi connectivity index (χ4n) is 3.79. The number of aromatic carboxylic acids is 1. The Morgan fingerprint density at radius 2 is 1.70 bits per heavy atom. The second kappa shape index (κ2) is 9.30. The first-order valence-electron chi connectivity index (χ1n) is 10.3. The maximum Gasteiger partial charge on any atom is 0.410 e. The number of carbonyl (C=O) groups is 2. The van der Waals surface area contributed by atoms with Crippen molar-refractivity contribution in [2.75, 3.05) is 19.6 Å². The third-order valence-electron chi connectivity index (χ3n) is 5.15. The van der Waals surface area contributed by atoms with E-state index in [-0.39, 0.29) is 12.1 Å². The number of carboxylic acid groups (broad SMARTS) is 1. The smallest absolute Gasteiger partial charge is 0.410 e. The first-order chi connectivity index (χ1) is 14.2. The van der Waals surface area contributed by atoms with Crippen LogP contribution in [-0.2, 0) is 17.7 Å². The van der Waals surface area contributed by atoms with E-state index in [0.29, 0.717) is 31.7 Å². The summed E-state index contributed by atoms with van der Waals surface area (Å²) in [5.74, 6) is -0.918. The molecule has 1 N–H and O–H groups in total. The molecule has 30 heavy (non-hydrogen) atoms. The van der Waals surface area contributed by atoms with E-state index in [1.165, 1.54) is 0 Å². The van der Waals surface area contributed by atoms with E-state index in [9.17, 15) is 14.7 Å². The molecule has 0 bridgehead atoms. The molecule has 0 spiro atoms. The summed E-state index contributed by atoms with van der Waals surface area (Å²) in [4.78, 5) is 28.4. The highest BCUT2D eigenvalue weighted by atomic mass is 16.6. The lowest BCUT2D eigenvalue weighted by Crippen LogP contribution is -2.56. The van der Waals surface area contributed by atoms with E-state index in [0.717, 1.165) is 17.5 Å². The fourth-order valence-corrected chi connectivity index (χ4v) is 3.79. The summed E-state index contributed by atoms with van der Waals surface area (Å²) in [6, 6.07) is 17.1. The van der Waals surface area contributed by atoms with Crippen LogP contribution in [0, 0.1) is 0 Å². The zero-order chi connectivity index (χ0) is 21.7. The average Bonchev–Trinajstić information content (AvgIpc) is 2.68. The van der Waals surface area contributed by atoms with Gasteiger partial charge in [0, 0.05) is 26.2 Å². The van der Waals surface area contributed by atoms with E-state index in [2.05, 4.69) is 17.0 Å². The molecule has 0 aliphatic carbocycles. The number of carbonyl (C=O) groups excluding carboxylic acids is 1. The predicted molar refractivity (Wildman–Crippen MR) is 116 cm³/mol. The number of carboxylic acids is 1. The van der Waals surface area contributed by atoms with E-state index >= 15 is 0 Å². The molecule has 1 heterocycles. The largest absolute Gasteiger partial charge is 0.478 e. The van der Waals surface area contributed by atoms with Crippen LogP contribution in [0.2, 0.25) is 0 Å². The Morgan fingerprint density at radius 3 is 2.37 bits per heavy atom. The molecule has 2 aromatic carbocycles. The minimum absolute atomic E-state index is 0.0482. The molecule has 2 aromatic rings. The molecule has 1 aliphatic rings. The van der Waals surface area contributed by atoms with Crippen molar-refractivity contribution in [3.8, 4) is 0 Å². The van der Waals surface area contributed by atoms with Gasteiger partial charge in [-0.3, -0.25) is 4.90 Å². The third kappa shape index (κ3) is 5.83. The number of ether oxygens (including phenoxy) is 1. The first-order valence-corrected chi connectivity index (χ1v) is 10.3. The SMILES string of the molecule is CC(C)(C)OC(=O)N1CCN(Cc2ccccc2C(=O)O)C[C@H]1Cc1ccccc1. The van der Waals surface area contributed by atoms with Gasteiger partial charge in [-0.1, -0.05) is 48.5 Å². The molecule has 0 radical (unpaired) electrons. The monoisotopic (exact) mass is 410 g/mol. The minimum Gasteiger partial charge on any atom is -0.478 e. The molecular weight excluding hydrogens is 380 g/mol. The first kappa shape index (κ1) is 21.8. The minimum atomic E-state index is -0.918. The molecule has 1 fully saturated rings. The van der Waals surface area contributed by atoms with E-state index in [4.69, 9.17) is 4.74 Å². The van der Waals surface area contributed by atoms with Crippen molar-refractivity contribution in [3.05, 3.63) is 71.3 Å². The van der Waals surface area contributed by atoms with Gasteiger partial charge >= 0.3 is 12.1 Å². The van der Waals surface area contributed by atoms with Gasteiger partial charge in [-0.2, -0.15) is 0 Å². The van der Waals surface area contributed by atoms with Crippen LogP contribution in [0.4, 0.5) is 4.79 Å². The van der Waals surface area contributed by atoms with Crippen LogP contribution in [0.1, 0.15) is 42.3 Å². The highest BCUT2D eigenvalue weighted by Crippen LogP contribution is 2.21. The van der Waals surface area contributed by atoms with Gasteiger partial charge in [0.05, 0.1) is 11.6 Å². The zero-order valence-electron chi connectivity index (χ0n) is 17.9. The second-order valence-electron chi connectivity index (χ2n) is 8.71. The van der Waals surface area contributed by atoms with Crippen molar-refractivity contribution < 1.29 is 19.4 Å². The van der Waals surface area contributed by atoms with Gasteiger partial charge in [0.2, 0.25) is 0 Å². The topological polar surface area (TPSA) is 70.1 Å². The maximum absolute atomic E-state index is 12.8. The summed E-state index contributed by atoms with van der Waals surface area (Å²) in [6.07, 6.45) is 0.422. The Morgan fingerprint density at radius 1 is 1.03 bits per heavy atom. The molecule has 6 heteroatoms. The number of nitrogens with zero attached hydrogens (tertiary/aromatic N) is 2.